The van der Waals surface area contributed by atoms with E-state index >= 15 is 0 Å². The fourth-order valence-corrected chi connectivity index (χ4v) is 6.63. The van der Waals surface area contributed by atoms with Gasteiger partial charge in [0.05, 0.1) is 16.8 Å². The molecule has 0 aromatic heterocycles. The number of rotatable bonds is 8. The third-order valence-corrected chi connectivity index (χ3v) is 9.17. The Bertz CT molecular complexity index is 2400. The van der Waals surface area contributed by atoms with Crippen molar-refractivity contribution < 1.29 is 0 Å². The standard InChI is InChI=1S/C45H35N3/c1-3-4-8-33-19-25-39-41(27-33)42-28-34(20-26-40(42)44(30-47)43(39)29-46)16-15-32-17-23-37(24-18-32)48(36-21-13-31(2)14-22-36)45-12-7-10-35-9-5-6-11-38(35)45/h5-7,9-28H,3-4,8H2,1-2H3. The molecule has 48 heavy (non-hydrogen) atoms. The summed E-state index contributed by atoms with van der Waals surface area (Å²) in [6.07, 6.45) is 7.48. The average Bonchev–Trinajstić information content (AvgIpc) is 3.14. The molecule has 0 radical (unpaired) electrons. The second-order valence-electron chi connectivity index (χ2n) is 12.4. The first kappa shape index (κ1) is 30.5. The fourth-order valence-electron chi connectivity index (χ4n) is 6.63. The normalized spacial score (nSPS) is 11.2. The third-order valence-electron chi connectivity index (χ3n) is 9.17. The highest BCUT2D eigenvalue weighted by atomic mass is 15.1. The van der Waals surface area contributed by atoms with Crippen molar-refractivity contribution in [3.63, 3.8) is 0 Å². The molecule has 0 unspecified atom stereocenters. The van der Waals surface area contributed by atoms with Crippen LogP contribution >= 0.6 is 0 Å². The number of unbranched alkanes of at least 4 members (excludes halogenated alkanes) is 1. The van der Waals surface area contributed by atoms with Crippen molar-refractivity contribution in [3.8, 4) is 12.1 Å². The second kappa shape index (κ2) is 13.3. The highest BCUT2D eigenvalue weighted by Gasteiger charge is 2.16. The Hall–Kier alpha value is -6.16. The Balaban J connectivity index is 1.26. The zero-order chi connectivity index (χ0) is 33.0. The predicted molar refractivity (Wildman–Crippen MR) is 202 cm³/mol. The van der Waals surface area contributed by atoms with Gasteiger partial charge in [0, 0.05) is 27.5 Å². The minimum Gasteiger partial charge on any atom is -0.310 e. The lowest BCUT2D eigenvalue weighted by Crippen LogP contribution is -2.10. The van der Waals surface area contributed by atoms with Gasteiger partial charge in [0.25, 0.3) is 0 Å². The van der Waals surface area contributed by atoms with Crippen LogP contribution in [0.3, 0.4) is 0 Å². The molecule has 7 rings (SSSR count). The lowest BCUT2D eigenvalue weighted by Gasteiger charge is -2.27. The first-order valence-corrected chi connectivity index (χ1v) is 16.5. The summed E-state index contributed by atoms with van der Waals surface area (Å²) in [5.74, 6) is 0. The van der Waals surface area contributed by atoms with Crippen LogP contribution in [-0.4, -0.2) is 0 Å². The van der Waals surface area contributed by atoms with Crippen LogP contribution in [0.1, 0.15) is 53.1 Å². The van der Waals surface area contributed by atoms with Crippen LogP contribution in [0.5, 0.6) is 0 Å². The smallest absolute Gasteiger partial charge is 0.101 e. The quantitative estimate of drug-likeness (QED) is 0.126. The third kappa shape index (κ3) is 5.79. The maximum Gasteiger partial charge on any atom is 0.101 e. The van der Waals surface area contributed by atoms with Gasteiger partial charge in [-0.2, -0.15) is 10.5 Å². The second-order valence-corrected chi connectivity index (χ2v) is 12.4. The van der Waals surface area contributed by atoms with Crippen molar-refractivity contribution >= 4 is 61.5 Å². The van der Waals surface area contributed by atoms with Crippen molar-refractivity contribution in [1.29, 1.82) is 10.5 Å². The zero-order valence-electron chi connectivity index (χ0n) is 27.2. The first-order valence-electron chi connectivity index (χ1n) is 16.5. The van der Waals surface area contributed by atoms with Gasteiger partial charge in [-0.1, -0.05) is 122 Å². The Kier molecular flexibility index (Phi) is 8.44. The number of nitriles is 2. The van der Waals surface area contributed by atoms with E-state index in [2.05, 4.69) is 152 Å². The van der Waals surface area contributed by atoms with E-state index in [0.717, 1.165) is 69.0 Å². The van der Waals surface area contributed by atoms with Crippen LogP contribution in [0.25, 0.3) is 44.5 Å². The van der Waals surface area contributed by atoms with E-state index in [9.17, 15) is 10.5 Å². The lowest BCUT2D eigenvalue weighted by atomic mass is 9.90. The van der Waals surface area contributed by atoms with E-state index in [4.69, 9.17) is 0 Å². The van der Waals surface area contributed by atoms with Gasteiger partial charge in [0.15, 0.2) is 0 Å². The Labute approximate surface area is 282 Å². The molecule has 3 heteroatoms. The van der Waals surface area contributed by atoms with Crippen molar-refractivity contribution in [3.05, 3.63) is 161 Å². The van der Waals surface area contributed by atoms with Gasteiger partial charge in [-0.3, -0.25) is 0 Å². The summed E-state index contributed by atoms with van der Waals surface area (Å²) in [5, 5.41) is 26.1. The first-order chi connectivity index (χ1) is 23.6. The monoisotopic (exact) mass is 617 g/mol. The van der Waals surface area contributed by atoms with Crippen LogP contribution in [0, 0.1) is 29.6 Å². The van der Waals surface area contributed by atoms with E-state index in [0.29, 0.717) is 11.1 Å². The van der Waals surface area contributed by atoms with Crippen molar-refractivity contribution in [2.75, 3.05) is 4.90 Å². The highest BCUT2D eigenvalue weighted by molar-refractivity contribution is 6.13. The summed E-state index contributed by atoms with van der Waals surface area (Å²) in [5.41, 5.74) is 8.83. The molecule has 0 amide bonds. The molecule has 0 N–H and O–H groups in total. The van der Waals surface area contributed by atoms with Crippen molar-refractivity contribution in [2.45, 2.75) is 33.1 Å². The molecule has 0 heterocycles. The topological polar surface area (TPSA) is 50.8 Å². The van der Waals surface area contributed by atoms with Gasteiger partial charge in [0.1, 0.15) is 12.1 Å². The average molecular weight is 618 g/mol. The fraction of sp³-hybridized carbons (Fsp3) is 0.111. The lowest BCUT2D eigenvalue weighted by molar-refractivity contribution is 0.796. The number of nitrogens with zero attached hydrogens (tertiary/aromatic N) is 3. The summed E-state index contributed by atoms with van der Waals surface area (Å²) >= 11 is 0. The van der Waals surface area contributed by atoms with Crippen LogP contribution in [-0.2, 0) is 6.42 Å². The molecule has 0 atom stereocenters. The molecule has 0 spiro atoms. The molecule has 0 aliphatic carbocycles. The number of benzene rings is 7. The molecule has 0 saturated heterocycles. The van der Waals surface area contributed by atoms with E-state index in [1.54, 1.807) is 0 Å². The Morgan fingerprint density at radius 2 is 1.19 bits per heavy atom. The molecule has 7 aromatic rings. The number of anilines is 3. The highest BCUT2D eigenvalue weighted by Crippen LogP contribution is 2.39. The molecule has 230 valence electrons. The number of aryl methyl sites for hydroxylation is 2. The van der Waals surface area contributed by atoms with Crippen LogP contribution in [0.15, 0.2) is 127 Å². The number of hydrogen-bond donors (Lipinski definition) is 0. The minimum atomic E-state index is 0.441. The summed E-state index contributed by atoms with van der Waals surface area (Å²) in [6.45, 7) is 4.31. The Morgan fingerprint density at radius 1 is 0.583 bits per heavy atom. The van der Waals surface area contributed by atoms with Crippen LogP contribution < -0.4 is 4.90 Å². The van der Waals surface area contributed by atoms with E-state index < -0.39 is 0 Å². The maximum absolute atomic E-state index is 10.1. The van der Waals surface area contributed by atoms with Crippen LogP contribution in [0.2, 0.25) is 0 Å². The summed E-state index contributed by atoms with van der Waals surface area (Å²) in [6, 6.07) is 49.4. The summed E-state index contributed by atoms with van der Waals surface area (Å²) in [7, 11) is 0. The van der Waals surface area contributed by atoms with E-state index in [-0.39, 0.29) is 0 Å². The van der Waals surface area contributed by atoms with Gasteiger partial charge in [-0.25, -0.2) is 0 Å². The van der Waals surface area contributed by atoms with Crippen molar-refractivity contribution in [1.82, 2.24) is 0 Å². The Morgan fingerprint density at radius 3 is 1.90 bits per heavy atom. The van der Waals surface area contributed by atoms with Gasteiger partial charge in [-0.15, -0.1) is 0 Å². The van der Waals surface area contributed by atoms with Crippen LogP contribution in [0.4, 0.5) is 17.1 Å². The SMILES string of the molecule is CCCCc1ccc2c(C#N)c(C#N)c3ccc(C=Cc4ccc(N(c5ccc(C)cc5)c5cccc6ccccc56)cc4)cc3c2c1. The van der Waals surface area contributed by atoms with E-state index in [1.165, 1.54) is 21.9 Å². The van der Waals surface area contributed by atoms with Gasteiger partial charge < -0.3 is 4.90 Å². The van der Waals surface area contributed by atoms with Gasteiger partial charge >= 0.3 is 0 Å². The van der Waals surface area contributed by atoms with E-state index in [1.807, 2.05) is 18.2 Å². The minimum absolute atomic E-state index is 0.441. The molecular formula is C45H35N3. The number of hydrogen-bond acceptors (Lipinski definition) is 3. The molecule has 0 saturated carbocycles. The predicted octanol–water partition coefficient (Wildman–Crippen LogP) is 12.2. The molecule has 3 nitrogen and oxygen atoms in total. The maximum atomic E-state index is 10.1. The van der Waals surface area contributed by atoms with Gasteiger partial charge in [-0.05, 0) is 89.0 Å². The summed E-state index contributed by atoms with van der Waals surface area (Å²) in [4.78, 5) is 2.32. The number of fused-ring (bicyclic) bond motifs is 4. The van der Waals surface area contributed by atoms with Gasteiger partial charge in [0.2, 0.25) is 0 Å². The largest absolute Gasteiger partial charge is 0.310 e. The molecular weight excluding hydrogens is 583 g/mol. The molecule has 0 aliphatic rings. The summed E-state index contributed by atoms with van der Waals surface area (Å²) < 4.78 is 0. The molecule has 0 aliphatic heterocycles. The zero-order valence-corrected chi connectivity index (χ0v) is 27.2. The molecule has 0 fully saturated rings. The van der Waals surface area contributed by atoms with Crippen molar-refractivity contribution in [2.24, 2.45) is 0 Å². The molecule has 7 aromatic carbocycles. The molecule has 0 bridgehead atoms.